The van der Waals surface area contributed by atoms with Gasteiger partial charge in [0.1, 0.15) is 0 Å². The van der Waals surface area contributed by atoms with E-state index in [-0.39, 0.29) is 0 Å². The first-order chi connectivity index (χ1) is 11.3. The Morgan fingerprint density at radius 3 is 2.65 bits per heavy atom. The van der Waals surface area contributed by atoms with Crippen LogP contribution in [-0.2, 0) is 12.8 Å². The minimum absolute atomic E-state index is 0.987. The topological polar surface area (TPSA) is 0 Å². The third kappa shape index (κ3) is 4.16. The zero-order chi connectivity index (χ0) is 16.1. The maximum Gasteiger partial charge on any atom is 0.0104 e. The molecule has 2 aliphatic carbocycles. The maximum atomic E-state index is 2.41. The summed E-state index contributed by atoms with van der Waals surface area (Å²) >= 11 is 1.94. The second-order valence-corrected chi connectivity index (χ2v) is 8.67. The van der Waals surface area contributed by atoms with Crippen LogP contribution < -0.4 is 0 Å². The molecule has 3 atom stereocenters. The van der Waals surface area contributed by atoms with Crippen molar-refractivity contribution in [2.45, 2.75) is 82.4 Å². The summed E-state index contributed by atoms with van der Waals surface area (Å²) in [5.74, 6) is 3.01. The van der Waals surface area contributed by atoms with Crippen LogP contribution in [0.1, 0.15) is 75.8 Å². The van der Waals surface area contributed by atoms with E-state index in [1.165, 1.54) is 70.6 Å². The average Bonchev–Trinajstić information content (AvgIpc) is 2.97. The molecule has 2 aliphatic rings. The van der Waals surface area contributed by atoms with Gasteiger partial charge in [-0.1, -0.05) is 64.0 Å². The van der Waals surface area contributed by atoms with E-state index in [4.69, 9.17) is 0 Å². The molecule has 3 rings (SSSR count). The summed E-state index contributed by atoms with van der Waals surface area (Å²) in [6, 6.07) is 7.01. The van der Waals surface area contributed by atoms with Gasteiger partial charge in [0, 0.05) is 4.90 Å². The Morgan fingerprint density at radius 1 is 1.00 bits per heavy atom. The van der Waals surface area contributed by atoms with Gasteiger partial charge in [0.15, 0.2) is 0 Å². The quantitative estimate of drug-likeness (QED) is 0.369. The van der Waals surface area contributed by atoms with Gasteiger partial charge in [0.05, 0.1) is 0 Å². The molecule has 23 heavy (non-hydrogen) atoms. The zero-order valence-electron chi connectivity index (χ0n) is 15.2. The van der Waals surface area contributed by atoms with Crippen molar-refractivity contribution in [3.8, 4) is 0 Å². The van der Waals surface area contributed by atoms with Crippen molar-refractivity contribution in [2.75, 3.05) is 6.26 Å². The molecule has 0 heterocycles. The molecule has 0 amide bonds. The second kappa shape index (κ2) is 8.60. The van der Waals surface area contributed by atoms with E-state index >= 15 is 0 Å². The summed E-state index contributed by atoms with van der Waals surface area (Å²) < 4.78 is 0. The van der Waals surface area contributed by atoms with E-state index in [9.17, 15) is 0 Å². The number of hydrogen-bond acceptors (Lipinski definition) is 1. The summed E-state index contributed by atoms with van der Waals surface area (Å²) in [5.41, 5.74) is 3.37. The van der Waals surface area contributed by atoms with Gasteiger partial charge in [-0.2, -0.15) is 0 Å². The molecule has 0 bridgehead atoms. The average molecular weight is 331 g/mol. The van der Waals surface area contributed by atoms with E-state index in [1.807, 2.05) is 11.8 Å². The molecule has 1 saturated carbocycles. The van der Waals surface area contributed by atoms with Crippen molar-refractivity contribution < 1.29 is 0 Å². The monoisotopic (exact) mass is 330 g/mol. The van der Waals surface area contributed by atoms with Gasteiger partial charge in [-0.15, -0.1) is 11.8 Å². The molecule has 0 nitrogen and oxygen atoms in total. The van der Waals surface area contributed by atoms with Gasteiger partial charge in [-0.25, -0.2) is 0 Å². The summed E-state index contributed by atoms with van der Waals surface area (Å²) in [7, 11) is 0. The molecule has 1 aromatic carbocycles. The van der Waals surface area contributed by atoms with Crippen LogP contribution in [0.15, 0.2) is 23.1 Å². The molecule has 0 aromatic heterocycles. The SMILES string of the molecule is CCCCCCCCC1CC[C@@H]2Cc3c(cccc3SC)C[C@H]12. The van der Waals surface area contributed by atoms with Gasteiger partial charge in [-0.3, -0.25) is 0 Å². The predicted octanol–water partition coefficient (Wildman–Crippen LogP) is 6.90. The summed E-state index contributed by atoms with van der Waals surface area (Å²) in [5, 5.41) is 0. The third-order valence-electron chi connectivity index (χ3n) is 6.42. The van der Waals surface area contributed by atoms with Gasteiger partial charge in [-0.05, 0) is 66.9 Å². The molecular weight excluding hydrogens is 296 g/mol. The van der Waals surface area contributed by atoms with Crippen LogP contribution in [0, 0.1) is 17.8 Å². The van der Waals surface area contributed by atoms with Crippen molar-refractivity contribution in [1.29, 1.82) is 0 Å². The highest BCUT2D eigenvalue weighted by Crippen LogP contribution is 2.48. The van der Waals surface area contributed by atoms with E-state index in [1.54, 1.807) is 16.0 Å². The number of rotatable bonds is 8. The Morgan fingerprint density at radius 2 is 1.83 bits per heavy atom. The number of hydrogen-bond donors (Lipinski definition) is 0. The molecule has 1 aromatic rings. The number of thioether (sulfide) groups is 1. The van der Waals surface area contributed by atoms with Crippen LogP contribution in [0.2, 0.25) is 0 Å². The molecule has 0 N–H and O–H groups in total. The normalized spacial score (nSPS) is 26.1. The molecule has 128 valence electrons. The first kappa shape index (κ1) is 17.4. The smallest absolute Gasteiger partial charge is 0.0104 e. The molecule has 0 spiro atoms. The first-order valence-corrected chi connectivity index (χ1v) is 11.2. The van der Waals surface area contributed by atoms with Crippen LogP contribution in [0.4, 0.5) is 0 Å². The fourth-order valence-electron chi connectivity index (χ4n) is 5.11. The highest BCUT2D eigenvalue weighted by atomic mass is 32.2. The van der Waals surface area contributed by atoms with E-state index in [0.717, 1.165) is 17.8 Å². The van der Waals surface area contributed by atoms with Crippen molar-refractivity contribution in [1.82, 2.24) is 0 Å². The largest absolute Gasteiger partial charge is 0.129 e. The van der Waals surface area contributed by atoms with Gasteiger partial charge >= 0.3 is 0 Å². The van der Waals surface area contributed by atoms with E-state index < -0.39 is 0 Å². The van der Waals surface area contributed by atoms with Crippen LogP contribution >= 0.6 is 11.8 Å². The number of fused-ring (bicyclic) bond motifs is 2. The lowest BCUT2D eigenvalue weighted by atomic mass is 9.74. The lowest BCUT2D eigenvalue weighted by molar-refractivity contribution is 0.272. The second-order valence-electron chi connectivity index (χ2n) is 7.82. The third-order valence-corrected chi connectivity index (χ3v) is 7.24. The molecule has 0 radical (unpaired) electrons. The summed E-state index contributed by atoms with van der Waals surface area (Å²) in [6.07, 6.45) is 18.2. The summed E-state index contributed by atoms with van der Waals surface area (Å²) in [6.45, 7) is 2.31. The molecule has 0 saturated heterocycles. The predicted molar refractivity (Wildman–Crippen MR) is 103 cm³/mol. The van der Waals surface area contributed by atoms with Crippen molar-refractivity contribution in [3.63, 3.8) is 0 Å². The van der Waals surface area contributed by atoms with E-state index in [2.05, 4.69) is 31.4 Å². The van der Waals surface area contributed by atoms with Crippen LogP contribution in [0.5, 0.6) is 0 Å². The van der Waals surface area contributed by atoms with Gasteiger partial charge < -0.3 is 0 Å². The van der Waals surface area contributed by atoms with Gasteiger partial charge in [0.2, 0.25) is 0 Å². The number of unbranched alkanes of at least 4 members (excludes halogenated alkanes) is 5. The van der Waals surface area contributed by atoms with Crippen molar-refractivity contribution >= 4 is 11.8 Å². The first-order valence-electron chi connectivity index (χ1n) is 9.98. The lowest BCUT2D eigenvalue weighted by Crippen LogP contribution is -2.25. The minimum atomic E-state index is 0.987. The lowest BCUT2D eigenvalue weighted by Gasteiger charge is -2.32. The highest BCUT2D eigenvalue weighted by molar-refractivity contribution is 7.98. The fourth-order valence-corrected chi connectivity index (χ4v) is 5.79. The molecule has 1 heteroatoms. The minimum Gasteiger partial charge on any atom is -0.129 e. The zero-order valence-corrected chi connectivity index (χ0v) is 16.0. The Bertz CT molecular complexity index is 493. The van der Waals surface area contributed by atoms with Gasteiger partial charge in [0.25, 0.3) is 0 Å². The Kier molecular flexibility index (Phi) is 6.51. The number of benzene rings is 1. The Balaban J connectivity index is 1.53. The van der Waals surface area contributed by atoms with Crippen molar-refractivity contribution in [3.05, 3.63) is 29.3 Å². The van der Waals surface area contributed by atoms with Crippen LogP contribution in [0.25, 0.3) is 0 Å². The van der Waals surface area contributed by atoms with Crippen LogP contribution in [-0.4, -0.2) is 6.26 Å². The van der Waals surface area contributed by atoms with Crippen molar-refractivity contribution in [2.24, 2.45) is 17.8 Å². The standard InChI is InChI=1S/C22H34S/c1-3-4-5-6-7-8-10-17-13-14-19-16-21-18(15-20(17)19)11-9-12-22(21)23-2/h9,11-12,17,19-20H,3-8,10,13-16H2,1-2H3/t17?,19-,20-/m1/s1. The molecule has 1 fully saturated rings. The molecular formula is C22H34S. The highest BCUT2D eigenvalue weighted by Gasteiger charge is 2.39. The Labute approximate surface area is 147 Å². The maximum absolute atomic E-state index is 2.41. The molecule has 0 aliphatic heterocycles. The molecule has 1 unspecified atom stereocenters. The Hall–Kier alpha value is -0.430. The fraction of sp³-hybridized carbons (Fsp3) is 0.727. The summed E-state index contributed by atoms with van der Waals surface area (Å²) in [4.78, 5) is 1.54. The van der Waals surface area contributed by atoms with E-state index in [0.29, 0.717) is 0 Å². The van der Waals surface area contributed by atoms with Crippen LogP contribution in [0.3, 0.4) is 0 Å².